The van der Waals surface area contributed by atoms with Gasteiger partial charge in [0.1, 0.15) is 11.9 Å². The van der Waals surface area contributed by atoms with Crippen molar-refractivity contribution < 1.29 is 19.4 Å². The van der Waals surface area contributed by atoms with E-state index in [4.69, 9.17) is 0 Å². The molecule has 0 saturated heterocycles. The summed E-state index contributed by atoms with van der Waals surface area (Å²) < 4.78 is 16.3. The molecule has 4 nitrogen and oxygen atoms in total. The van der Waals surface area contributed by atoms with Crippen LogP contribution in [0.2, 0.25) is 0 Å². The summed E-state index contributed by atoms with van der Waals surface area (Å²) in [6.45, 7) is 9.55. The van der Waals surface area contributed by atoms with E-state index in [1.165, 1.54) is 25.7 Å². The number of phenols is 1. The van der Waals surface area contributed by atoms with Crippen molar-refractivity contribution in [2.75, 3.05) is 13.6 Å². The number of hydrogen-bond acceptors (Lipinski definition) is 3. The van der Waals surface area contributed by atoms with Gasteiger partial charge in [0.05, 0.1) is 6.10 Å². The molecule has 224 valence electrons. The Hall–Kier alpha value is -1.88. The lowest BCUT2D eigenvalue weighted by molar-refractivity contribution is -0.130. The molecule has 0 bridgehead atoms. The fourth-order valence-electron chi connectivity index (χ4n) is 8.41. The molecule has 3 aliphatic carbocycles. The first kappa shape index (κ1) is 31.1. The number of phenolic OH excluding ortho intramolecular Hbond substituents is 1. The number of rotatable bonds is 14. The number of carbonyl (C=O) groups excluding carboxylic acids is 1. The highest BCUT2D eigenvalue weighted by Gasteiger charge is 2.58. The highest BCUT2D eigenvalue weighted by molar-refractivity contribution is 5.75. The van der Waals surface area contributed by atoms with Crippen LogP contribution in [-0.4, -0.2) is 40.7 Å². The number of alkyl halides is 1. The Morgan fingerprint density at radius 2 is 1.75 bits per heavy atom. The summed E-state index contributed by atoms with van der Waals surface area (Å²) in [6, 6.07) is 5.33. The van der Waals surface area contributed by atoms with E-state index in [0.29, 0.717) is 24.3 Å². The van der Waals surface area contributed by atoms with E-state index in [-0.39, 0.29) is 34.8 Å². The maximum atomic E-state index is 16.3. The van der Waals surface area contributed by atoms with Gasteiger partial charge in [-0.15, -0.1) is 0 Å². The molecule has 4 rings (SSSR count). The summed E-state index contributed by atoms with van der Waals surface area (Å²) in [5, 5.41) is 20.9. The van der Waals surface area contributed by atoms with E-state index in [1.54, 1.807) is 12.1 Å². The van der Waals surface area contributed by atoms with Crippen LogP contribution in [0.5, 0.6) is 5.75 Å². The smallest absolute Gasteiger partial charge is 0.222 e. The fraction of sp³-hybridized carbons (Fsp3) is 0.743. The van der Waals surface area contributed by atoms with E-state index in [0.717, 1.165) is 75.5 Å². The third-order valence-electron chi connectivity index (χ3n) is 10.9. The SMILES string of the molecule is C=C1[C@H](O)CC2C3C(CC[C@]12C)c1ccc(O)cc1[C@H](F)[C@H]3CCCCCCCCCCC(=O)N(C)CCCC. The molecule has 0 heterocycles. The highest BCUT2D eigenvalue weighted by atomic mass is 19.1. The maximum Gasteiger partial charge on any atom is 0.222 e. The van der Waals surface area contributed by atoms with Crippen molar-refractivity contribution in [2.45, 2.75) is 128 Å². The van der Waals surface area contributed by atoms with Gasteiger partial charge in [-0.2, -0.15) is 0 Å². The Balaban J connectivity index is 1.25. The number of nitrogens with zero attached hydrogens (tertiary/aromatic N) is 1. The maximum absolute atomic E-state index is 16.3. The van der Waals surface area contributed by atoms with Gasteiger partial charge in [-0.3, -0.25) is 4.79 Å². The quantitative estimate of drug-likeness (QED) is 0.178. The number of aliphatic hydroxyl groups is 1. The molecule has 0 radical (unpaired) electrons. The van der Waals surface area contributed by atoms with E-state index >= 15 is 4.39 Å². The molecule has 2 fully saturated rings. The minimum Gasteiger partial charge on any atom is -0.508 e. The number of benzene rings is 1. The molecule has 1 aromatic rings. The Labute approximate surface area is 242 Å². The summed E-state index contributed by atoms with van der Waals surface area (Å²) in [5.74, 6) is 1.12. The van der Waals surface area contributed by atoms with Crippen molar-refractivity contribution >= 4 is 5.91 Å². The lowest BCUT2D eigenvalue weighted by atomic mass is 9.51. The number of amides is 1. The molecule has 3 aliphatic rings. The number of fused-ring (bicyclic) bond motifs is 5. The van der Waals surface area contributed by atoms with E-state index in [2.05, 4.69) is 20.4 Å². The summed E-state index contributed by atoms with van der Waals surface area (Å²) in [5.41, 5.74) is 2.62. The summed E-state index contributed by atoms with van der Waals surface area (Å²) in [4.78, 5) is 14.0. The molecule has 7 atom stereocenters. The zero-order valence-electron chi connectivity index (χ0n) is 25.3. The van der Waals surface area contributed by atoms with Crippen molar-refractivity contribution in [3.63, 3.8) is 0 Å². The Kier molecular flexibility index (Phi) is 10.8. The molecule has 0 aromatic heterocycles. The molecule has 1 aromatic carbocycles. The topological polar surface area (TPSA) is 60.8 Å². The molecule has 0 aliphatic heterocycles. The predicted octanol–water partition coefficient (Wildman–Crippen LogP) is 8.63. The van der Waals surface area contributed by atoms with E-state index < -0.39 is 12.3 Å². The number of unbranched alkanes of at least 4 members (excludes halogenated alkanes) is 8. The van der Waals surface area contributed by atoms with Gasteiger partial charge in [0.25, 0.3) is 0 Å². The lowest BCUT2D eigenvalue weighted by Gasteiger charge is -2.53. The van der Waals surface area contributed by atoms with Crippen molar-refractivity contribution in [1.82, 2.24) is 4.90 Å². The number of hydrogen-bond donors (Lipinski definition) is 2. The summed E-state index contributed by atoms with van der Waals surface area (Å²) in [6.07, 6.45) is 13.8. The molecule has 2 N–H and O–H groups in total. The largest absolute Gasteiger partial charge is 0.508 e. The minimum absolute atomic E-state index is 0.0741. The van der Waals surface area contributed by atoms with Crippen LogP contribution in [0.3, 0.4) is 0 Å². The van der Waals surface area contributed by atoms with Crippen LogP contribution in [0.4, 0.5) is 4.39 Å². The third kappa shape index (κ3) is 6.61. The van der Waals surface area contributed by atoms with Gasteiger partial charge in [-0.05, 0) is 96.4 Å². The predicted molar refractivity (Wildman–Crippen MR) is 161 cm³/mol. The second kappa shape index (κ2) is 13.9. The van der Waals surface area contributed by atoms with Crippen LogP contribution >= 0.6 is 0 Å². The number of aromatic hydroxyl groups is 1. The normalized spacial score (nSPS) is 31.0. The average molecular weight is 556 g/mol. The second-order valence-electron chi connectivity index (χ2n) is 13.4. The molecule has 3 unspecified atom stereocenters. The van der Waals surface area contributed by atoms with Gasteiger partial charge in [0.15, 0.2) is 0 Å². The fourth-order valence-corrected chi connectivity index (χ4v) is 8.41. The standard InChI is InChI=1S/C35H54FNO3/c1-5-6-21-37(4)32(40)16-14-12-10-8-7-9-11-13-15-28-33-27(26-18-17-25(38)22-29(26)34(28)36)19-20-35(3)24(2)31(39)23-30(33)35/h17-18,22,27-28,30-31,33-34,38-39H,2,5-16,19-21,23H2,1,3-4H3/t27?,28-,30?,31+,33?,34+,35+/m0/s1. The van der Waals surface area contributed by atoms with Crippen molar-refractivity contribution in [2.24, 2.45) is 23.2 Å². The Morgan fingerprint density at radius 3 is 2.45 bits per heavy atom. The van der Waals surface area contributed by atoms with Gasteiger partial charge in [0.2, 0.25) is 5.91 Å². The lowest BCUT2D eigenvalue weighted by Crippen LogP contribution is -2.45. The average Bonchev–Trinajstić information content (AvgIpc) is 3.17. The van der Waals surface area contributed by atoms with Crippen molar-refractivity contribution in [3.05, 3.63) is 41.5 Å². The van der Waals surface area contributed by atoms with E-state index in [1.807, 2.05) is 18.0 Å². The molecule has 5 heteroatoms. The van der Waals surface area contributed by atoms with Crippen LogP contribution in [0.25, 0.3) is 0 Å². The number of carbonyl (C=O) groups is 1. The number of aliphatic hydroxyl groups excluding tert-OH is 1. The van der Waals surface area contributed by atoms with Crippen LogP contribution in [0.15, 0.2) is 30.4 Å². The van der Waals surface area contributed by atoms with Gasteiger partial charge in [-0.25, -0.2) is 4.39 Å². The van der Waals surface area contributed by atoms with Gasteiger partial charge >= 0.3 is 0 Å². The van der Waals surface area contributed by atoms with Crippen LogP contribution in [-0.2, 0) is 4.79 Å². The van der Waals surface area contributed by atoms with Crippen LogP contribution < -0.4 is 0 Å². The monoisotopic (exact) mass is 555 g/mol. The summed E-state index contributed by atoms with van der Waals surface area (Å²) >= 11 is 0. The molecular weight excluding hydrogens is 501 g/mol. The zero-order valence-corrected chi connectivity index (χ0v) is 25.3. The molecule has 1 amide bonds. The van der Waals surface area contributed by atoms with Gasteiger partial charge in [0, 0.05) is 20.0 Å². The van der Waals surface area contributed by atoms with E-state index in [9.17, 15) is 15.0 Å². The highest BCUT2D eigenvalue weighted by Crippen LogP contribution is 2.66. The van der Waals surface area contributed by atoms with Gasteiger partial charge in [-0.1, -0.05) is 77.9 Å². The first-order chi connectivity index (χ1) is 19.2. The second-order valence-corrected chi connectivity index (χ2v) is 13.4. The Morgan fingerprint density at radius 1 is 1.07 bits per heavy atom. The Bertz CT molecular complexity index is 1010. The van der Waals surface area contributed by atoms with Crippen LogP contribution in [0, 0.1) is 23.2 Å². The minimum atomic E-state index is -1.07. The first-order valence-electron chi connectivity index (χ1n) is 16.3. The van der Waals surface area contributed by atoms with Gasteiger partial charge < -0.3 is 15.1 Å². The molecule has 0 spiro atoms. The summed E-state index contributed by atoms with van der Waals surface area (Å²) in [7, 11) is 1.92. The third-order valence-corrected chi connectivity index (χ3v) is 10.9. The molecule has 40 heavy (non-hydrogen) atoms. The number of halogens is 1. The van der Waals surface area contributed by atoms with Crippen molar-refractivity contribution in [1.29, 1.82) is 0 Å². The first-order valence-corrected chi connectivity index (χ1v) is 16.3. The van der Waals surface area contributed by atoms with Crippen LogP contribution in [0.1, 0.15) is 133 Å². The molecular formula is C35H54FNO3. The zero-order chi connectivity index (χ0) is 28.9. The molecule has 2 saturated carbocycles. The van der Waals surface area contributed by atoms with Crippen molar-refractivity contribution in [3.8, 4) is 5.75 Å².